The Labute approximate surface area is 141 Å². The molecule has 1 saturated heterocycles. The molecule has 6 nitrogen and oxygen atoms in total. The van der Waals surface area contributed by atoms with E-state index in [2.05, 4.69) is 39.2 Å². The monoisotopic (exact) mass is 326 g/mol. The first-order chi connectivity index (χ1) is 11.8. The smallest absolute Gasteiger partial charge is 0.134 e. The van der Waals surface area contributed by atoms with Crippen molar-refractivity contribution >= 4 is 11.6 Å². The van der Waals surface area contributed by atoms with Crippen LogP contribution in [-0.2, 0) is 4.74 Å². The molecule has 2 aromatic rings. The van der Waals surface area contributed by atoms with Gasteiger partial charge in [0.15, 0.2) is 0 Å². The van der Waals surface area contributed by atoms with E-state index in [9.17, 15) is 0 Å². The Morgan fingerprint density at radius 3 is 2.92 bits per heavy atom. The number of fused-ring (bicyclic) bond motifs is 1. The Morgan fingerprint density at radius 1 is 1.21 bits per heavy atom. The molecule has 0 saturated carbocycles. The maximum atomic E-state index is 5.79. The van der Waals surface area contributed by atoms with Gasteiger partial charge in [0.1, 0.15) is 23.7 Å². The van der Waals surface area contributed by atoms with E-state index in [-0.39, 0.29) is 6.04 Å². The minimum Gasteiger partial charge on any atom is -0.493 e. The van der Waals surface area contributed by atoms with Crippen molar-refractivity contribution in [2.24, 2.45) is 0 Å². The van der Waals surface area contributed by atoms with E-state index in [4.69, 9.17) is 9.47 Å². The first-order valence-electron chi connectivity index (χ1n) is 8.44. The second-order valence-electron chi connectivity index (χ2n) is 6.25. The first kappa shape index (κ1) is 15.2. The molecule has 0 amide bonds. The van der Waals surface area contributed by atoms with E-state index in [0.29, 0.717) is 12.5 Å². The fourth-order valence-electron chi connectivity index (χ4n) is 3.33. The van der Waals surface area contributed by atoms with Gasteiger partial charge in [-0.05, 0) is 13.0 Å². The second kappa shape index (κ2) is 6.65. The quantitative estimate of drug-likeness (QED) is 0.930. The average Bonchev–Trinajstić information content (AvgIpc) is 3.07. The minimum atomic E-state index is 0.223. The average molecular weight is 326 g/mol. The van der Waals surface area contributed by atoms with Gasteiger partial charge in [-0.15, -0.1) is 0 Å². The van der Waals surface area contributed by atoms with Gasteiger partial charge in [0.05, 0.1) is 19.8 Å². The first-order valence-corrected chi connectivity index (χ1v) is 8.44. The summed E-state index contributed by atoms with van der Waals surface area (Å²) in [5.74, 6) is 3.12. The molecule has 1 aromatic carbocycles. The molecule has 1 aromatic heterocycles. The molecular formula is C18H22N4O2. The molecule has 6 heteroatoms. The summed E-state index contributed by atoms with van der Waals surface area (Å²) in [5.41, 5.74) is 1.26. The molecule has 0 unspecified atom stereocenters. The number of nitrogens with one attached hydrogen (secondary N) is 1. The maximum Gasteiger partial charge on any atom is 0.134 e. The molecule has 126 valence electrons. The van der Waals surface area contributed by atoms with E-state index < -0.39 is 0 Å². The predicted molar refractivity (Wildman–Crippen MR) is 92.8 cm³/mol. The normalized spacial score (nSPS) is 21.0. The number of benzene rings is 1. The van der Waals surface area contributed by atoms with Crippen LogP contribution in [0.1, 0.15) is 18.4 Å². The van der Waals surface area contributed by atoms with Crippen molar-refractivity contribution in [3.05, 3.63) is 42.2 Å². The molecular weight excluding hydrogens is 304 g/mol. The Morgan fingerprint density at radius 2 is 2.04 bits per heavy atom. The van der Waals surface area contributed by atoms with E-state index in [0.717, 1.165) is 43.7 Å². The van der Waals surface area contributed by atoms with Crippen molar-refractivity contribution in [3.63, 3.8) is 0 Å². The third-order valence-corrected chi connectivity index (χ3v) is 4.70. The number of anilines is 2. The van der Waals surface area contributed by atoms with Crippen LogP contribution in [0.2, 0.25) is 0 Å². The Hall–Kier alpha value is -2.34. The van der Waals surface area contributed by atoms with Gasteiger partial charge in [0.2, 0.25) is 0 Å². The highest BCUT2D eigenvalue weighted by Gasteiger charge is 2.28. The molecule has 2 aliphatic rings. The van der Waals surface area contributed by atoms with Crippen LogP contribution in [0.5, 0.6) is 5.75 Å². The van der Waals surface area contributed by atoms with Gasteiger partial charge in [-0.25, -0.2) is 9.97 Å². The SMILES string of the molecule is C[C@@H](Nc1cc(N2CCOCC2)ncn1)[C@@H]1COc2ccccc21. The lowest BCUT2D eigenvalue weighted by atomic mass is 9.94. The minimum absolute atomic E-state index is 0.223. The van der Waals surface area contributed by atoms with Gasteiger partial charge >= 0.3 is 0 Å². The van der Waals surface area contributed by atoms with Crippen LogP contribution in [-0.4, -0.2) is 48.9 Å². The summed E-state index contributed by atoms with van der Waals surface area (Å²) in [6, 6.07) is 10.5. The summed E-state index contributed by atoms with van der Waals surface area (Å²) in [7, 11) is 0. The Bertz CT molecular complexity index is 703. The second-order valence-corrected chi connectivity index (χ2v) is 6.25. The molecule has 0 aliphatic carbocycles. The number of ether oxygens (including phenoxy) is 2. The van der Waals surface area contributed by atoms with Gasteiger partial charge in [-0.1, -0.05) is 18.2 Å². The standard InChI is InChI=1S/C18H22N4O2/c1-13(15-11-24-16-5-3-2-4-14(15)16)21-17-10-18(20-12-19-17)22-6-8-23-9-7-22/h2-5,10,12-13,15H,6-9,11H2,1H3,(H,19,20,21)/t13-,15+/m1/s1. The van der Waals surface area contributed by atoms with Crippen molar-refractivity contribution in [3.8, 4) is 5.75 Å². The van der Waals surface area contributed by atoms with Crippen LogP contribution in [0.4, 0.5) is 11.6 Å². The van der Waals surface area contributed by atoms with E-state index in [1.54, 1.807) is 6.33 Å². The van der Waals surface area contributed by atoms with E-state index >= 15 is 0 Å². The third kappa shape index (κ3) is 3.01. The zero-order valence-corrected chi connectivity index (χ0v) is 13.8. The molecule has 24 heavy (non-hydrogen) atoms. The fourth-order valence-corrected chi connectivity index (χ4v) is 3.33. The summed E-state index contributed by atoms with van der Waals surface area (Å²) in [5, 5.41) is 3.52. The molecule has 1 fully saturated rings. The number of morpholine rings is 1. The van der Waals surface area contributed by atoms with E-state index in [1.807, 2.05) is 18.2 Å². The molecule has 0 radical (unpaired) electrons. The number of rotatable bonds is 4. The molecule has 1 N–H and O–H groups in total. The lowest BCUT2D eigenvalue weighted by molar-refractivity contribution is 0.122. The summed E-state index contributed by atoms with van der Waals surface area (Å²) < 4.78 is 11.2. The zero-order valence-electron chi connectivity index (χ0n) is 13.8. The zero-order chi connectivity index (χ0) is 16.4. The molecule has 2 aliphatic heterocycles. The molecule has 3 heterocycles. The molecule has 2 atom stereocenters. The summed E-state index contributed by atoms with van der Waals surface area (Å²) in [4.78, 5) is 11.0. The van der Waals surface area contributed by atoms with Crippen LogP contribution in [0, 0.1) is 0 Å². The molecule has 0 bridgehead atoms. The topological polar surface area (TPSA) is 59.5 Å². The predicted octanol–water partition coefficient (Wildman–Crippen LogP) is 2.29. The van der Waals surface area contributed by atoms with Crippen LogP contribution in [0.3, 0.4) is 0 Å². The number of aromatic nitrogens is 2. The molecule has 0 spiro atoms. The Kier molecular flexibility index (Phi) is 4.21. The molecule has 4 rings (SSSR count). The van der Waals surface area contributed by atoms with E-state index in [1.165, 1.54) is 5.56 Å². The summed E-state index contributed by atoms with van der Waals surface area (Å²) >= 11 is 0. The van der Waals surface area contributed by atoms with Crippen molar-refractivity contribution in [1.29, 1.82) is 0 Å². The van der Waals surface area contributed by atoms with Gasteiger partial charge in [-0.2, -0.15) is 0 Å². The number of hydrogen-bond acceptors (Lipinski definition) is 6. The number of nitrogens with zero attached hydrogens (tertiary/aromatic N) is 3. The maximum absolute atomic E-state index is 5.79. The van der Waals surface area contributed by atoms with Crippen molar-refractivity contribution in [1.82, 2.24) is 9.97 Å². The third-order valence-electron chi connectivity index (χ3n) is 4.70. The van der Waals surface area contributed by atoms with Gasteiger partial charge in [0.25, 0.3) is 0 Å². The van der Waals surface area contributed by atoms with Crippen LogP contribution >= 0.6 is 0 Å². The summed E-state index contributed by atoms with van der Waals surface area (Å²) in [6.07, 6.45) is 1.62. The highest BCUT2D eigenvalue weighted by Crippen LogP contribution is 2.36. The number of para-hydroxylation sites is 1. The fraction of sp³-hybridized carbons (Fsp3) is 0.444. The lowest BCUT2D eigenvalue weighted by Crippen LogP contribution is -2.36. The van der Waals surface area contributed by atoms with Gasteiger partial charge in [-0.3, -0.25) is 0 Å². The lowest BCUT2D eigenvalue weighted by Gasteiger charge is -2.28. The van der Waals surface area contributed by atoms with Crippen LogP contribution in [0.25, 0.3) is 0 Å². The van der Waals surface area contributed by atoms with Gasteiger partial charge < -0.3 is 19.7 Å². The van der Waals surface area contributed by atoms with Gasteiger partial charge in [0, 0.05) is 36.7 Å². The Balaban J connectivity index is 1.47. The van der Waals surface area contributed by atoms with Crippen LogP contribution < -0.4 is 15.0 Å². The van der Waals surface area contributed by atoms with Crippen molar-refractivity contribution in [2.75, 3.05) is 43.1 Å². The van der Waals surface area contributed by atoms with Crippen molar-refractivity contribution < 1.29 is 9.47 Å². The van der Waals surface area contributed by atoms with Crippen molar-refractivity contribution in [2.45, 2.75) is 18.9 Å². The number of hydrogen-bond donors (Lipinski definition) is 1. The largest absolute Gasteiger partial charge is 0.493 e. The highest BCUT2D eigenvalue weighted by atomic mass is 16.5. The highest BCUT2D eigenvalue weighted by molar-refractivity contribution is 5.50. The summed E-state index contributed by atoms with van der Waals surface area (Å²) in [6.45, 7) is 6.12. The van der Waals surface area contributed by atoms with Crippen LogP contribution in [0.15, 0.2) is 36.7 Å².